The first-order chi connectivity index (χ1) is 10.3. The van der Waals surface area contributed by atoms with E-state index in [4.69, 9.17) is 4.74 Å². The molecular formula is C16H20ClFN2OS. The molecule has 1 fully saturated rings. The van der Waals surface area contributed by atoms with E-state index in [0.717, 1.165) is 37.5 Å². The molecule has 2 aromatic rings. The number of nitrogens with one attached hydrogen (secondary N) is 1. The third-order valence-corrected chi connectivity index (χ3v) is 4.75. The minimum atomic E-state index is -0.174. The molecule has 1 unspecified atom stereocenters. The molecule has 1 N–H and O–H groups in total. The summed E-state index contributed by atoms with van der Waals surface area (Å²) in [6.45, 7) is 3.59. The molecule has 0 aliphatic carbocycles. The molecule has 120 valence electrons. The SMILES string of the molecule is COc1ccsc1CN1CCNCC1c1cccc(F)c1.Cl. The first-order valence-electron chi connectivity index (χ1n) is 7.08. The van der Waals surface area contributed by atoms with Crippen molar-refractivity contribution in [3.63, 3.8) is 0 Å². The van der Waals surface area contributed by atoms with Gasteiger partial charge in [-0.2, -0.15) is 0 Å². The molecule has 1 aromatic heterocycles. The van der Waals surface area contributed by atoms with Crippen molar-refractivity contribution in [1.29, 1.82) is 0 Å². The molecule has 0 saturated carbocycles. The number of halogens is 2. The van der Waals surface area contributed by atoms with Crippen LogP contribution in [0.2, 0.25) is 0 Å². The van der Waals surface area contributed by atoms with Crippen LogP contribution >= 0.6 is 23.7 Å². The molecule has 1 aliphatic heterocycles. The summed E-state index contributed by atoms with van der Waals surface area (Å²) in [6.07, 6.45) is 0. The summed E-state index contributed by atoms with van der Waals surface area (Å²) in [5.74, 6) is 0.767. The highest BCUT2D eigenvalue weighted by Crippen LogP contribution is 2.30. The van der Waals surface area contributed by atoms with Crippen LogP contribution in [0.5, 0.6) is 5.75 Å². The van der Waals surface area contributed by atoms with Crippen molar-refractivity contribution in [2.75, 3.05) is 26.7 Å². The fourth-order valence-corrected chi connectivity index (χ4v) is 3.65. The second-order valence-electron chi connectivity index (χ2n) is 5.16. The van der Waals surface area contributed by atoms with Crippen LogP contribution in [-0.2, 0) is 6.54 Å². The normalized spacial score (nSPS) is 18.7. The number of ether oxygens (including phenoxy) is 1. The molecule has 1 atom stereocenters. The van der Waals surface area contributed by atoms with Gasteiger partial charge >= 0.3 is 0 Å². The summed E-state index contributed by atoms with van der Waals surface area (Å²) in [6, 6.07) is 9.10. The number of thiophene rings is 1. The van der Waals surface area contributed by atoms with Crippen molar-refractivity contribution >= 4 is 23.7 Å². The van der Waals surface area contributed by atoms with E-state index in [1.165, 1.54) is 10.9 Å². The van der Waals surface area contributed by atoms with E-state index >= 15 is 0 Å². The van der Waals surface area contributed by atoms with E-state index in [2.05, 4.69) is 10.2 Å². The quantitative estimate of drug-likeness (QED) is 0.920. The molecule has 2 heterocycles. The largest absolute Gasteiger partial charge is 0.496 e. The van der Waals surface area contributed by atoms with Gasteiger partial charge in [0, 0.05) is 32.2 Å². The number of piperazine rings is 1. The lowest BCUT2D eigenvalue weighted by Gasteiger charge is -2.36. The molecule has 22 heavy (non-hydrogen) atoms. The predicted molar refractivity (Wildman–Crippen MR) is 90.5 cm³/mol. The molecule has 1 saturated heterocycles. The Hall–Kier alpha value is -1.14. The van der Waals surface area contributed by atoms with Gasteiger partial charge in [0.05, 0.1) is 12.0 Å². The maximum absolute atomic E-state index is 13.5. The fraction of sp³-hybridized carbons (Fsp3) is 0.375. The number of nitrogens with zero attached hydrogens (tertiary/aromatic N) is 1. The van der Waals surface area contributed by atoms with Crippen LogP contribution < -0.4 is 10.1 Å². The fourth-order valence-electron chi connectivity index (χ4n) is 2.79. The Morgan fingerprint density at radius 2 is 2.27 bits per heavy atom. The predicted octanol–water partition coefficient (Wildman–Crippen LogP) is 3.46. The zero-order chi connectivity index (χ0) is 14.7. The summed E-state index contributed by atoms with van der Waals surface area (Å²) >= 11 is 1.71. The third kappa shape index (κ3) is 3.79. The molecule has 1 aliphatic rings. The molecule has 0 amide bonds. The molecule has 3 nitrogen and oxygen atoms in total. The standard InChI is InChI=1S/C16H19FN2OS.ClH/c1-20-15-5-8-21-16(15)11-19-7-6-18-10-14(19)12-3-2-4-13(17)9-12;/h2-5,8-9,14,18H,6-7,10-11H2,1H3;1H. The van der Waals surface area contributed by atoms with Crippen LogP contribution in [0.3, 0.4) is 0 Å². The number of methoxy groups -OCH3 is 1. The Morgan fingerprint density at radius 3 is 3.05 bits per heavy atom. The monoisotopic (exact) mass is 342 g/mol. The zero-order valence-corrected chi connectivity index (χ0v) is 14.1. The Labute approximate surface area is 140 Å². The number of rotatable bonds is 4. The number of benzene rings is 1. The molecule has 6 heteroatoms. The van der Waals surface area contributed by atoms with Crippen molar-refractivity contribution in [1.82, 2.24) is 10.2 Å². The lowest BCUT2D eigenvalue weighted by atomic mass is 10.0. The van der Waals surface area contributed by atoms with Gasteiger partial charge in [-0.15, -0.1) is 23.7 Å². The van der Waals surface area contributed by atoms with Gasteiger partial charge in [0.2, 0.25) is 0 Å². The third-order valence-electron chi connectivity index (χ3n) is 3.86. The Kier molecular flexibility index (Phi) is 6.20. The van der Waals surface area contributed by atoms with E-state index in [-0.39, 0.29) is 24.3 Å². The van der Waals surface area contributed by atoms with E-state index in [1.54, 1.807) is 30.6 Å². The lowest BCUT2D eigenvalue weighted by molar-refractivity contribution is 0.153. The maximum Gasteiger partial charge on any atom is 0.134 e. The van der Waals surface area contributed by atoms with Crippen molar-refractivity contribution in [3.05, 3.63) is 52.0 Å². The Balaban J connectivity index is 0.00000176. The highest BCUT2D eigenvalue weighted by atomic mass is 35.5. The van der Waals surface area contributed by atoms with E-state index in [9.17, 15) is 4.39 Å². The van der Waals surface area contributed by atoms with Gasteiger partial charge < -0.3 is 10.1 Å². The van der Waals surface area contributed by atoms with Crippen LogP contribution in [0.15, 0.2) is 35.7 Å². The van der Waals surface area contributed by atoms with Gasteiger partial charge in [-0.3, -0.25) is 4.90 Å². The highest BCUT2D eigenvalue weighted by molar-refractivity contribution is 7.10. The van der Waals surface area contributed by atoms with Gasteiger partial charge in [-0.25, -0.2) is 4.39 Å². The van der Waals surface area contributed by atoms with Crippen LogP contribution in [0.25, 0.3) is 0 Å². The second-order valence-corrected chi connectivity index (χ2v) is 6.16. The lowest BCUT2D eigenvalue weighted by Crippen LogP contribution is -2.45. The van der Waals surface area contributed by atoms with Gasteiger partial charge in [-0.05, 0) is 29.1 Å². The molecular weight excluding hydrogens is 323 g/mol. The molecule has 1 aromatic carbocycles. The summed E-state index contributed by atoms with van der Waals surface area (Å²) in [4.78, 5) is 3.61. The van der Waals surface area contributed by atoms with Gasteiger partial charge in [0.15, 0.2) is 0 Å². The van der Waals surface area contributed by atoms with E-state index < -0.39 is 0 Å². The first-order valence-corrected chi connectivity index (χ1v) is 7.96. The van der Waals surface area contributed by atoms with Crippen LogP contribution in [0, 0.1) is 5.82 Å². The minimum Gasteiger partial charge on any atom is -0.496 e. The van der Waals surface area contributed by atoms with E-state index in [0.29, 0.717) is 0 Å². The van der Waals surface area contributed by atoms with Gasteiger partial charge in [0.25, 0.3) is 0 Å². The van der Waals surface area contributed by atoms with Crippen molar-refractivity contribution in [3.8, 4) is 5.75 Å². The molecule has 0 radical (unpaired) electrons. The summed E-state index contributed by atoms with van der Waals surface area (Å²) < 4.78 is 18.9. The van der Waals surface area contributed by atoms with Crippen LogP contribution in [0.1, 0.15) is 16.5 Å². The Morgan fingerprint density at radius 1 is 1.41 bits per heavy atom. The summed E-state index contributed by atoms with van der Waals surface area (Å²) in [5, 5.41) is 5.45. The first kappa shape index (κ1) is 17.2. The summed E-state index contributed by atoms with van der Waals surface area (Å²) in [7, 11) is 1.70. The highest BCUT2D eigenvalue weighted by Gasteiger charge is 2.25. The van der Waals surface area contributed by atoms with Crippen LogP contribution in [0.4, 0.5) is 4.39 Å². The topological polar surface area (TPSA) is 24.5 Å². The van der Waals surface area contributed by atoms with Gasteiger partial charge in [0.1, 0.15) is 11.6 Å². The van der Waals surface area contributed by atoms with Gasteiger partial charge in [-0.1, -0.05) is 12.1 Å². The summed E-state index contributed by atoms with van der Waals surface area (Å²) in [5.41, 5.74) is 1.03. The van der Waals surface area contributed by atoms with Crippen molar-refractivity contribution in [2.24, 2.45) is 0 Å². The van der Waals surface area contributed by atoms with Crippen LogP contribution in [-0.4, -0.2) is 31.6 Å². The van der Waals surface area contributed by atoms with E-state index in [1.807, 2.05) is 17.5 Å². The van der Waals surface area contributed by atoms with Crippen molar-refractivity contribution < 1.29 is 9.13 Å². The minimum absolute atomic E-state index is 0. The molecule has 0 spiro atoms. The maximum atomic E-state index is 13.5. The zero-order valence-electron chi connectivity index (χ0n) is 12.4. The number of hydrogen-bond acceptors (Lipinski definition) is 4. The van der Waals surface area contributed by atoms with Crippen molar-refractivity contribution in [2.45, 2.75) is 12.6 Å². The molecule has 3 rings (SSSR count). The Bertz CT molecular complexity index is 607. The molecule has 0 bridgehead atoms. The smallest absolute Gasteiger partial charge is 0.134 e. The second kappa shape index (κ2) is 7.92. The number of hydrogen-bond donors (Lipinski definition) is 1. The average molecular weight is 343 g/mol. The average Bonchev–Trinajstić information content (AvgIpc) is 2.95.